The summed E-state index contributed by atoms with van der Waals surface area (Å²) in [6, 6.07) is 0. The van der Waals surface area contributed by atoms with Crippen LogP contribution in [0.15, 0.2) is 0 Å². The lowest BCUT2D eigenvalue weighted by atomic mass is 9.98. The molecule has 5 nitrogen and oxygen atoms in total. The van der Waals surface area contributed by atoms with Gasteiger partial charge >= 0.3 is 6.18 Å². The highest BCUT2D eigenvalue weighted by atomic mass is 19.4. The molecule has 1 aliphatic rings. The maximum atomic E-state index is 12.6. The van der Waals surface area contributed by atoms with Crippen molar-refractivity contribution in [2.45, 2.75) is 19.0 Å². The lowest BCUT2D eigenvalue weighted by molar-refractivity contribution is -0.166. The molecular weight excluding hydrogens is 275 g/mol. The van der Waals surface area contributed by atoms with Crippen molar-refractivity contribution in [3.63, 3.8) is 0 Å². The van der Waals surface area contributed by atoms with E-state index in [1.165, 1.54) is 19.0 Å². The summed E-state index contributed by atoms with van der Waals surface area (Å²) in [7, 11) is 2.89. The Hall–Kier alpha value is -1.31. The highest BCUT2D eigenvalue weighted by Gasteiger charge is 2.36. The van der Waals surface area contributed by atoms with Gasteiger partial charge in [-0.05, 0) is 19.4 Å². The quantitative estimate of drug-likeness (QED) is 0.820. The molecule has 0 spiro atoms. The van der Waals surface area contributed by atoms with Gasteiger partial charge in [-0.1, -0.05) is 0 Å². The van der Waals surface area contributed by atoms with E-state index in [-0.39, 0.29) is 0 Å². The van der Waals surface area contributed by atoms with Crippen molar-refractivity contribution in [1.82, 2.24) is 15.1 Å². The van der Waals surface area contributed by atoms with Crippen molar-refractivity contribution in [3.05, 3.63) is 0 Å². The van der Waals surface area contributed by atoms with E-state index in [1.54, 1.807) is 0 Å². The first kappa shape index (κ1) is 16.7. The lowest BCUT2D eigenvalue weighted by Crippen LogP contribution is -2.49. The van der Waals surface area contributed by atoms with E-state index in [9.17, 15) is 22.8 Å². The van der Waals surface area contributed by atoms with Crippen molar-refractivity contribution in [3.8, 4) is 0 Å². The average Bonchev–Trinajstić information content (AvgIpc) is 2.36. The maximum absolute atomic E-state index is 12.6. The Morgan fingerprint density at radius 3 is 2.40 bits per heavy atom. The first-order valence-electron chi connectivity index (χ1n) is 6.47. The summed E-state index contributed by atoms with van der Waals surface area (Å²) in [5, 5.41) is 2.99. The highest BCUT2D eigenvalue weighted by Crippen LogP contribution is 2.20. The van der Waals surface area contributed by atoms with Gasteiger partial charge in [0.15, 0.2) is 0 Å². The van der Waals surface area contributed by atoms with Crippen LogP contribution in [0.1, 0.15) is 12.8 Å². The second kappa shape index (κ2) is 6.92. The molecule has 1 atom stereocenters. The third-order valence-electron chi connectivity index (χ3n) is 3.15. The molecular formula is C12H20F3N3O2. The van der Waals surface area contributed by atoms with Crippen LogP contribution in [-0.2, 0) is 9.59 Å². The Balaban J connectivity index is 2.74. The predicted octanol–water partition coefficient (Wildman–Crippen LogP) is 0.465. The van der Waals surface area contributed by atoms with Crippen LogP contribution < -0.4 is 5.32 Å². The van der Waals surface area contributed by atoms with Crippen LogP contribution in [0.25, 0.3) is 0 Å². The second-order valence-electron chi connectivity index (χ2n) is 5.14. The monoisotopic (exact) mass is 295 g/mol. The van der Waals surface area contributed by atoms with Gasteiger partial charge in [0, 0.05) is 20.6 Å². The second-order valence-corrected chi connectivity index (χ2v) is 5.14. The Bertz CT molecular complexity index is 352. The largest absolute Gasteiger partial charge is 0.406 e. The van der Waals surface area contributed by atoms with E-state index in [4.69, 9.17) is 0 Å². The van der Waals surface area contributed by atoms with Crippen LogP contribution in [0, 0.1) is 5.92 Å². The molecule has 1 heterocycles. The average molecular weight is 295 g/mol. The Morgan fingerprint density at radius 1 is 1.30 bits per heavy atom. The van der Waals surface area contributed by atoms with Gasteiger partial charge in [-0.25, -0.2) is 0 Å². The zero-order chi connectivity index (χ0) is 15.3. The summed E-state index contributed by atoms with van der Waals surface area (Å²) in [5.41, 5.74) is 0. The molecule has 1 N–H and O–H groups in total. The maximum Gasteiger partial charge on any atom is 0.406 e. The molecule has 0 radical (unpaired) electrons. The number of hydrogen-bond donors (Lipinski definition) is 1. The van der Waals surface area contributed by atoms with Gasteiger partial charge in [0.1, 0.15) is 13.1 Å². The smallest absolute Gasteiger partial charge is 0.347 e. The summed E-state index contributed by atoms with van der Waals surface area (Å²) in [4.78, 5) is 25.5. The first-order chi connectivity index (χ1) is 9.20. The number of nitrogens with zero attached hydrogens (tertiary/aromatic N) is 2. The Labute approximate surface area is 116 Å². The Kier molecular flexibility index (Phi) is 5.79. The molecule has 1 unspecified atom stereocenters. The first-order valence-corrected chi connectivity index (χ1v) is 6.47. The highest BCUT2D eigenvalue weighted by molar-refractivity contribution is 5.86. The molecule has 1 aliphatic heterocycles. The van der Waals surface area contributed by atoms with Crippen molar-refractivity contribution >= 4 is 11.8 Å². The molecule has 1 saturated heterocycles. The van der Waals surface area contributed by atoms with Crippen molar-refractivity contribution < 1.29 is 22.8 Å². The molecule has 1 rings (SSSR count). The molecule has 20 heavy (non-hydrogen) atoms. The zero-order valence-electron chi connectivity index (χ0n) is 11.7. The summed E-state index contributed by atoms with van der Waals surface area (Å²) >= 11 is 0. The molecule has 0 aromatic heterocycles. The van der Waals surface area contributed by atoms with Gasteiger partial charge in [-0.2, -0.15) is 13.2 Å². The number of piperidine rings is 1. The number of alkyl halides is 3. The third-order valence-corrected chi connectivity index (χ3v) is 3.15. The summed E-state index contributed by atoms with van der Waals surface area (Å²) in [6.07, 6.45) is -3.21. The zero-order valence-corrected chi connectivity index (χ0v) is 11.7. The van der Waals surface area contributed by atoms with Crippen LogP contribution in [0.4, 0.5) is 13.2 Å². The molecule has 0 aromatic rings. The van der Waals surface area contributed by atoms with E-state index in [0.717, 1.165) is 13.0 Å². The number of likely N-dealkylation sites (N-methyl/N-ethyl adjacent to an activating group) is 1. The van der Waals surface area contributed by atoms with Gasteiger partial charge in [0.05, 0.1) is 5.92 Å². The fraction of sp³-hybridized carbons (Fsp3) is 0.833. The summed E-state index contributed by atoms with van der Waals surface area (Å²) < 4.78 is 37.7. The van der Waals surface area contributed by atoms with Crippen LogP contribution in [0.2, 0.25) is 0 Å². The molecule has 0 saturated carbocycles. The molecule has 8 heteroatoms. The molecule has 0 aliphatic carbocycles. The number of rotatable bonds is 4. The van der Waals surface area contributed by atoms with Gasteiger partial charge in [-0.3, -0.25) is 9.59 Å². The standard InChI is InChI=1S/C12H20F3N3O2/c1-17(2)10(19)7-18(8-12(13,14)15)11(20)9-4-3-5-16-6-9/h9,16H,3-8H2,1-2H3. The van der Waals surface area contributed by atoms with Crippen LogP contribution in [-0.4, -0.2) is 68.1 Å². The van der Waals surface area contributed by atoms with Gasteiger partial charge in [-0.15, -0.1) is 0 Å². The van der Waals surface area contributed by atoms with Gasteiger partial charge < -0.3 is 15.1 Å². The summed E-state index contributed by atoms with van der Waals surface area (Å²) in [6.45, 7) is -0.799. The summed E-state index contributed by atoms with van der Waals surface area (Å²) in [5.74, 6) is -1.61. The molecule has 2 amide bonds. The van der Waals surface area contributed by atoms with Gasteiger partial charge in [0.25, 0.3) is 0 Å². The number of carbonyl (C=O) groups is 2. The fourth-order valence-electron chi connectivity index (χ4n) is 2.05. The number of halogens is 3. The van der Waals surface area contributed by atoms with E-state index in [0.29, 0.717) is 17.9 Å². The van der Waals surface area contributed by atoms with E-state index in [1.807, 2.05) is 0 Å². The molecule has 0 aromatic carbocycles. The van der Waals surface area contributed by atoms with Crippen LogP contribution >= 0.6 is 0 Å². The Morgan fingerprint density at radius 2 is 1.95 bits per heavy atom. The minimum Gasteiger partial charge on any atom is -0.347 e. The molecule has 0 bridgehead atoms. The van der Waals surface area contributed by atoms with Crippen molar-refractivity contribution in [2.24, 2.45) is 5.92 Å². The lowest BCUT2D eigenvalue weighted by Gasteiger charge is -2.30. The minimum atomic E-state index is -4.51. The molecule has 1 fully saturated rings. The van der Waals surface area contributed by atoms with Crippen molar-refractivity contribution in [1.29, 1.82) is 0 Å². The van der Waals surface area contributed by atoms with Crippen LogP contribution in [0.3, 0.4) is 0 Å². The van der Waals surface area contributed by atoms with E-state index < -0.39 is 37.0 Å². The topological polar surface area (TPSA) is 52.7 Å². The van der Waals surface area contributed by atoms with E-state index in [2.05, 4.69) is 5.32 Å². The van der Waals surface area contributed by atoms with Crippen LogP contribution in [0.5, 0.6) is 0 Å². The fourth-order valence-corrected chi connectivity index (χ4v) is 2.05. The SMILES string of the molecule is CN(C)C(=O)CN(CC(F)(F)F)C(=O)C1CCCNC1. The number of carbonyl (C=O) groups excluding carboxylic acids is 2. The predicted molar refractivity (Wildman–Crippen MR) is 66.9 cm³/mol. The number of hydrogen-bond acceptors (Lipinski definition) is 3. The normalized spacial score (nSPS) is 19.6. The van der Waals surface area contributed by atoms with Crippen molar-refractivity contribution in [2.75, 3.05) is 40.3 Å². The van der Waals surface area contributed by atoms with E-state index >= 15 is 0 Å². The van der Waals surface area contributed by atoms with Gasteiger partial charge in [0.2, 0.25) is 11.8 Å². The number of nitrogens with one attached hydrogen (secondary N) is 1. The third kappa shape index (κ3) is 5.36. The number of amides is 2. The minimum absolute atomic E-state index is 0.364. The molecule has 116 valence electrons.